The first kappa shape index (κ1) is 14.1. The van der Waals surface area contributed by atoms with E-state index in [2.05, 4.69) is 0 Å². The fraction of sp³-hybridized carbons (Fsp3) is 0.818. The SMILES string of the molecule is O=C(O)C1CN(C(=O)C(F)(F)F)CC12CCOCC2. The van der Waals surface area contributed by atoms with Crippen molar-refractivity contribution in [2.24, 2.45) is 11.3 Å². The second-order valence-corrected chi connectivity index (χ2v) is 5.05. The van der Waals surface area contributed by atoms with E-state index in [9.17, 15) is 27.9 Å². The summed E-state index contributed by atoms with van der Waals surface area (Å²) in [5.41, 5.74) is -0.787. The Hall–Kier alpha value is -1.31. The van der Waals surface area contributed by atoms with Crippen molar-refractivity contribution in [1.29, 1.82) is 0 Å². The van der Waals surface area contributed by atoms with Crippen LogP contribution >= 0.6 is 0 Å². The Kier molecular flexibility index (Phi) is 3.46. The van der Waals surface area contributed by atoms with Crippen LogP contribution in [0.15, 0.2) is 0 Å². The highest BCUT2D eigenvalue weighted by Gasteiger charge is 2.55. The molecule has 1 atom stereocenters. The van der Waals surface area contributed by atoms with E-state index in [4.69, 9.17) is 4.74 Å². The van der Waals surface area contributed by atoms with Gasteiger partial charge in [0.05, 0.1) is 5.92 Å². The summed E-state index contributed by atoms with van der Waals surface area (Å²) in [4.78, 5) is 23.1. The van der Waals surface area contributed by atoms with Crippen LogP contribution in [0.4, 0.5) is 13.2 Å². The molecule has 8 heteroatoms. The summed E-state index contributed by atoms with van der Waals surface area (Å²) in [6.07, 6.45) is -4.23. The summed E-state index contributed by atoms with van der Waals surface area (Å²) < 4.78 is 42.4. The first-order valence-electron chi connectivity index (χ1n) is 5.93. The van der Waals surface area contributed by atoms with Gasteiger partial charge in [-0.3, -0.25) is 9.59 Å². The topological polar surface area (TPSA) is 66.8 Å². The Morgan fingerprint density at radius 3 is 2.32 bits per heavy atom. The van der Waals surface area contributed by atoms with Gasteiger partial charge in [-0.25, -0.2) is 0 Å². The summed E-state index contributed by atoms with van der Waals surface area (Å²) in [7, 11) is 0. The maximum atomic E-state index is 12.4. The van der Waals surface area contributed by atoms with E-state index >= 15 is 0 Å². The average Bonchev–Trinajstić information content (AvgIpc) is 2.67. The number of nitrogens with zero attached hydrogens (tertiary/aromatic N) is 1. The Labute approximate surface area is 107 Å². The molecule has 2 fully saturated rings. The molecular weight excluding hydrogens is 267 g/mol. The van der Waals surface area contributed by atoms with Crippen molar-refractivity contribution < 1.29 is 32.6 Å². The first-order chi connectivity index (χ1) is 8.76. The second-order valence-electron chi connectivity index (χ2n) is 5.05. The number of rotatable bonds is 1. The van der Waals surface area contributed by atoms with Crippen LogP contribution in [0.3, 0.4) is 0 Å². The number of alkyl halides is 3. The van der Waals surface area contributed by atoms with Gasteiger partial charge in [0.25, 0.3) is 0 Å². The lowest BCUT2D eigenvalue weighted by Gasteiger charge is -2.36. The van der Waals surface area contributed by atoms with Gasteiger partial charge in [0.2, 0.25) is 0 Å². The molecule has 19 heavy (non-hydrogen) atoms. The van der Waals surface area contributed by atoms with Gasteiger partial charge in [-0.15, -0.1) is 0 Å². The number of amides is 1. The second kappa shape index (κ2) is 4.66. The van der Waals surface area contributed by atoms with Crippen molar-refractivity contribution in [1.82, 2.24) is 4.90 Å². The summed E-state index contributed by atoms with van der Waals surface area (Å²) in [6.45, 7) is 0.0923. The van der Waals surface area contributed by atoms with Crippen LogP contribution in [0, 0.1) is 11.3 Å². The van der Waals surface area contributed by atoms with Crippen LogP contribution in [0.25, 0.3) is 0 Å². The number of hydrogen-bond acceptors (Lipinski definition) is 3. The largest absolute Gasteiger partial charge is 0.481 e. The van der Waals surface area contributed by atoms with Crippen LogP contribution in [-0.2, 0) is 14.3 Å². The van der Waals surface area contributed by atoms with Gasteiger partial charge in [-0.2, -0.15) is 13.2 Å². The van der Waals surface area contributed by atoms with Crippen molar-refractivity contribution >= 4 is 11.9 Å². The molecule has 2 rings (SSSR count). The third kappa shape index (κ3) is 2.54. The fourth-order valence-electron chi connectivity index (χ4n) is 2.93. The number of halogens is 3. The Morgan fingerprint density at radius 1 is 1.26 bits per heavy atom. The van der Waals surface area contributed by atoms with Gasteiger partial charge in [0.1, 0.15) is 0 Å². The number of aliphatic carboxylic acids is 1. The van der Waals surface area contributed by atoms with Gasteiger partial charge < -0.3 is 14.7 Å². The minimum absolute atomic E-state index is 0.161. The molecule has 0 aromatic carbocycles. The monoisotopic (exact) mass is 281 g/mol. The average molecular weight is 281 g/mol. The molecule has 0 aromatic heterocycles. The number of likely N-dealkylation sites (tertiary alicyclic amines) is 1. The van der Waals surface area contributed by atoms with E-state index in [-0.39, 0.29) is 13.1 Å². The summed E-state index contributed by atoms with van der Waals surface area (Å²) in [5.74, 6) is -4.07. The molecule has 0 radical (unpaired) electrons. The van der Waals surface area contributed by atoms with E-state index in [0.29, 0.717) is 31.0 Å². The normalized spacial score (nSPS) is 26.7. The quantitative estimate of drug-likeness (QED) is 0.775. The molecule has 0 aliphatic carbocycles. The van der Waals surface area contributed by atoms with E-state index in [1.807, 2.05) is 0 Å². The predicted molar refractivity (Wildman–Crippen MR) is 56.2 cm³/mol. The Morgan fingerprint density at radius 2 is 1.84 bits per heavy atom. The fourth-order valence-corrected chi connectivity index (χ4v) is 2.93. The molecule has 2 heterocycles. The third-order valence-corrected chi connectivity index (χ3v) is 3.96. The van der Waals surface area contributed by atoms with Gasteiger partial charge >= 0.3 is 18.1 Å². The predicted octanol–water partition coefficient (Wildman–Crippen LogP) is 0.888. The third-order valence-electron chi connectivity index (χ3n) is 3.96. The highest BCUT2D eigenvalue weighted by Crippen LogP contribution is 2.45. The number of carboxylic acids is 1. The lowest BCUT2D eigenvalue weighted by molar-refractivity contribution is -0.185. The zero-order valence-corrected chi connectivity index (χ0v) is 10.1. The summed E-state index contributed by atoms with van der Waals surface area (Å²) in [5, 5.41) is 9.17. The minimum Gasteiger partial charge on any atom is -0.481 e. The van der Waals surface area contributed by atoms with Crippen LogP contribution < -0.4 is 0 Å². The Balaban J connectivity index is 2.21. The molecule has 2 aliphatic rings. The van der Waals surface area contributed by atoms with Crippen molar-refractivity contribution in [3.63, 3.8) is 0 Å². The van der Waals surface area contributed by atoms with Crippen molar-refractivity contribution in [2.45, 2.75) is 19.0 Å². The van der Waals surface area contributed by atoms with Crippen LogP contribution in [0.2, 0.25) is 0 Å². The van der Waals surface area contributed by atoms with Gasteiger partial charge in [0, 0.05) is 31.7 Å². The standard InChI is InChI=1S/C11H14F3NO4/c12-11(13,14)9(18)15-5-7(8(16)17)10(6-15)1-3-19-4-2-10/h7H,1-6H2,(H,16,17). The lowest BCUT2D eigenvalue weighted by atomic mass is 9.72. The van der Waals surface area contributed by atoms with Crippen molar-refractivity contribution in [3.05, 3.63) is 0 Å². The number of carboxylic acid groups (broad SMARTS) is 1. The van der Waals surface area contributed by atoms with Crippen LogP contribution in [-0.4, -0.2) is 54.4 Å². The number of ether oxygens (including phenoxy) is 1. The molecule has 0 saturated carbocycles. The molecule has 1 unspecified atom stereocenters. The van der Waals surface area contributed by atoms with E-state index in [0.717, 1.165) is 0 Å². The van der Waals surface area contributed by atoms with Gasteiger partial charge in [0.15, 0.2) is 0 Å². The van der Waals surface area contributed by atoms with Gasteiger partial charge in [-0.05, 0) is 12.8 Å². The van der Waals surface area contributed by atoms with Gasteiger partial charge in [-0.1, -0.05) is 0 Å². The van der Waals surface area contributed by atoms with E-state index in [1.54, 1.807) is 0 Å². The Bertz CT molecular complexity index is 390. The van der Waals surface area contributed by atoms with E-state index < -0.39 is 29.4 Å². The van der Waals surface area contributed by atoms with Crippen molar-refractivity contribution in [3.8, 4) is 0 Å². The highest BCUT2D eigenvalue weighted by molar-refractivity contribution is 5.83. The van der Waals surface area contributed by atoms with Crippen LogP contribution in [0.5, 0.6) is 0 Å². The maximum Gasteiger partial charge on any atom is 0.471 e. The molecule has 2 aliphatic heterocycles. The molecule has 2 saturated heterocycles. The maximum absolute atomic E-state index is 12.4. The number of carbonyl (C=O) groups is 2. The zero-order chi connectivity index (χ0) is 14.3. The molecule has 1 N–H and O–H groups in total. The van der Waals surface area contributed by atoms with Crippen molar-refractivity contribution in [2.75, 3.05) is 26.3 Å². The van der Waals surface area contributed by atoms with E-state index in [1.165, 1.54) is 0 Å². The highest BCUT2D eigenvalue weighted by atomic mass is 19.4. The molecular formula is C11H14F3NO4. The first-order valence-corrected chi connectivity index (χ1v) is 5.93. The summed E-state index contributed by atoms with van der Waals surface area (Å²) >= 11 is 0. The van der Waals surface area contributed by atoms with Crippen LogP contribution in [0.1, 0.15) is 12.8 Å². The molecule has 108 valence electrons. The molecule has 0 aromatic rings. The molecule has 0 bridgehead atoms. The minimum atomic E-state index is -4.96. The number of hydrogen-bond donors (Lipinski definition) is 1. The molecule has 1 spiro atoms. The summed E-state index contributed by atoms with van der Waals surface area (Å²) in [6, 6.07) is 0. The smallest absolute Gasteiger partial charge is 0.471 e. The number of carbonyl (C=O) groups excluding carboxylic acids is 1. The lowest BCUT2D eigenvalue weighted by Crippen LogP contribution is -2.42. The molecule has 1 amide bonds. The zero-order valence-electron chi connectivity index (χ0n) is 10.1. The molecule has 5 nitrogen and oxygen atoms in total.